The largest absolute Gasteiger partial charge is 0.302 e. The second kappa shape index (κ2) is 4.41. The van der Waals surface area contributed by atoms with Crippen LogP contribution in [0.1, 0.15) is 50.6 Å². The van der Waals surface area contributed by atoms with Gasteiger partial charge in [0, 0.05) is 16.2 Å². The molecule has 94 valence electrons. The zero-order valence-electron chi connectivity index (χ0n) is 11.0. The molecule has 1 amide bonds. The van der Waals surface area contributed by atoms with E-state index >= 15 is 0 Å². The summed E-state index contributed by atoms with van der Waals surface area (Å²) < 4.78 is 0. The van der Waals surface area contributed by atoms with E-state index in [9.17, 15) is 4.79 Å². The van der Waals surface area contributed by atoms with E-state index < -0.39 is 0 Å². The molecule has 0 aromatic carbocycles. The summed E-state index contributed by atoms with van der Waals surface area (Å²) in [6, 6.07) is 0. The second-order valence-electron chi connectivity index (χ2n) is 5.43. The number of amides is 1. The lowest BCUT2D eigenvalue weighted by molar-refractivity contribution is -0.117. The summed E-state index contributed by atoms with van der Waals surface area (Å²) in [5, 5.41) is 3.69. The third-order valence-electron chi connectivity index (χ3n) is 3.47. The summed E-state index contributed by atoms with van der Waals surface area (Å²) in [5.74, 6) is 0.376. The molecule has 4 heteroatoms. The van der Waals surface area contributed by atoms with Gasteiger partial charge in [-0.2, -0.15) is 0 Å². The highest BCUT2D eigenvalue weighted by Crippen LogP contribution is 2.37. The monoisotopic (exact) mass is 252 g/mol. The summed E-state index contributed by atoms with van der Waals surface area (Å²) >= 11 is 1.62. The fourth-order valence-corrected chi connectivity index (χ4v) is 2.93. The van der Waals surface area contributed by atoms with Gasteiger partial charge in [0.1, 0.15) is 0 Å². The normalized spacial score (nSPS) is 16.0. The quantitative estimate of drug-likeness (QED) is 0.891. The van der Waals surface area contributed by atoms with Crippen LogP contribution < -0.4 is 5.32 Å². The lowest BCUT2D eigenvalue weighted by Gasteiger charge is -2.21. The Morgan fingerprint density at radius 3 is 2.71 bits per heavy atom. The van der Waals surface area contributed by atoms with E-state index in [0.29, 0.717) is 0 Å². The summed E-state index contributed by atoms with van der Waals surface area (Å²) in [6.07, 6.45) is 3.14. The number of aromatic nitrogens is 1. The van der Waals surface area contributed by atoms with Gasteiger partial charge < -0.3 is 5.32 Å². The Morgan fingerprint density at radius 1 is 1.53 bits per heavy atom. The molecule has 0 spiro atoms. The van der Waals surface area contributed by atoms with Crippen molar-refractivity contribution in [1.82, 2.24) is 4.98 Å². The number of nitrogens with zero attached hydrogens (tertiary/aromatic N) is 1. The lowest BCUT2D eigenvalue weighted by atomic mass is 9.88. The molecule has 0 unspecified atom stereocenters. The molecule has 1 aromatic rings. The van der Waals surface area contributed by atoms with Crippen molar-refractivity contribution in [3.8, 4) is 0 Å². The molecule has 2 rings (SSSR count). The highest BCUT2D eigenvalue weighted by Gasteiger charge is 2.31. The van der Waals surface area contributed by atoms with Crippen molar-refractivity contribution in [3.05, 3.63) is 10.6 Å². The van der Waals surface area contributed by atoms with E-state index in [1.807, 2.05) is 6.92 Å². The maximum Gasteiger partial charge on any atom is 0.229 e. The molecule has 1 aliphatic rings. The predicted molar refractivity (Wildman–Crippen MR) is 71.5 cm³/mol. The van der Waals surface area contributed by atoms with Gasteiger partial charge >= 0.3 is 0 Å². The summed E-state index contributed by atoms with van der Waals surface area (Å²) in [5.41, 5.74) is 1.19. The molecule has 0 saturated heterocycles. The molecule has 1 aromatic heterocycles. The first kappa shape index (κ1) is 12.6. The minimum atomic E-state index is 0.139. The minimum Gasteiger partial charge on any atom is -0.302 e. The van der Waals surface area contributed by atoms with E-state index in [2.05, 4.69) is 31.1 Å². The molecule has 1 heterocycles. The van der Waals surface area contributed by atoms with Gasteiger partial charge in [-0.3, -0.25) is 4.79 Å². The van der Waals surface area contributed by atoms with Crippen molar-refractivity contribution < 1.29 is 4.79 Å². The van der Waals surface area contributed by atoms with Crippen molar-refractivity contribution in [2.45, 2.75) is 52.4 Å². The third kappa shape index (κ3) is 2.68. The number of rotatable bonds is 4. The zero-order valence-corrected chi connectivity index (χ0v) is 11.8. The Kier molecular flexibility index (Phi) is 3.25. The molecule has 17 heavy (non-hydrogen) atoms. The van der Waals surface area contributed by atoms with E-state index in [4.69, 9.17) is 0 Å². The average Bonchev–Trinajstić information content (AvgIpc) is 3.04. The van der Waals surface area contributed by atoms with Crippen LogP contribution in [0.15, 0.2) is 0 Å². The Hall–Kier alpha value is -0.900. The van der Waals surface area contributed by atoms with Crippen LogP contribution in [0.4, 0.5) is 5.13 Å². The molecule has 0 bridgehead atoms. The molecule has 0 aliphatic heterocycles. The highest BCUT2D eigenvalue weighted by atomic mass is 32.1. The van der Waals surface area contributed by atoms with Crippen LogP contribution >= 0.6 is 11.3 Å². The molecular weight excluding hydrogens is 232 g/mol. The van der Waals surface area contributed by atoms with Crippen LogP contribution in [0.25, 0.3) is 0 Å². The maximum atomic E-state index is 11.7. The predicted octanol–water partition coefficient (Wildman–Crippen LogP) is 3.49. The van der Waals surface area contributed by atoms with Gasteiger partial charge in [-0.1, -0.05) is 20.8 Å². The third-order valence-corrected chi connectivity index (χ3v) is 4.91. The van der Waals surface area contributed by atoms with Crippen LogP contribution in [0.5, 0.6) is 0 Å². The first-order valence-electron chi connectivity index (χ1n) is 6.23. The fraction of sp³-hybridized carbons (Fsp3) is 0.692. The average molecular weight is 252 g/mol. The van der Waals surface area contributed by atoms with Crippen LogP contribution in [0, 0.1) is 12.8 Å². The number of carbonyl (C=O) groups is 1. The Bertz CT molecular complexity index is 433. The van der Waals surface area contributed by atoms with Crippen LogP contribution in [-0.2, 0) is 10.2 Å². The topological polar surface area (TPSA) is 42.0 Å². The van der Waals surface area contributed by atoms with Gasteiger partial charge in [-0.15, -0.1) is 11.3 Å². The Labute approximate surface area is 107 Å². The Morgan fingerprint density at radius 2 is 2.18 bits per heavy atom. The van der Waals surface area contributed by atoms with Crippen LogP contribution in [0.3, 0.4) is 0 Å². The molecule has 0 atom stereocenters. The molecular formula is C13H20N2OS. The number of nitrogens with one attached hydrogen (secondary N) is 1. The van der Waals surface area contributed by atoms with Gasteiger partial charge in [0.2, 0.25) is 5.91 Å². The SMILES string of the molecule is CCC(C)(C)c1sc(NC(=O)C2CC2)nc1C. The number of anilines is 1. The van der Waals surface area contributed by atoms with Crippen molar-refractivity contribution in [1.29, 1.82) is 0 Å². The summed E-state index contributed by atoms with van der Waals surface area (Å²) in [4.78, 5) is 17.4. The van der Waals surface area contributed by atoms with E-state index in [1.54, 1.807) is 11.3 Å². The van der Waals surface area contributed by atoms with Crippen LogP contribution in [0.2, 0.25) is 0 Å². The number of hydrogen-bond acceptors (Lipinski definition) is 3. The molecule has 1 saturated carbocycles. The van der Waals surface area contributed by atoms with E-state index in [1.165, 1.54) is 4.88 Å². The summed E-state index contributed by atoms with van der Waals surface area (Å²) in [7, 11) is 0. The van der Waals surface area contributed by atoms with Crippen molar-refractivity contribution in [3.63, 3.8) is 0 Å². The van der Waals surface area contributed by atoms with E-state index in [-0.39, 0.29) is 17.2 Å². The van der Waals surface area contributed by atoms with Crippen molar-refractivity contribution >= 4 is 22.4 Å². The fourth-order valence-electron chi connectivity index (χ4n) is 1.79. The molecule has 1 N–H and O–H groups in total. The van der Waals surface area contributed by atoms with E-state index in [0.717, 1.165) is 30.1 Å². The number of thiazole rings is 1. The van der Waals surface area contributed by atoms with Gasteiger partial charge in [0.25, 0.3) is 0 Å². The number of hydrogen-bond donors (Lipinski definition) is 1. The van der Waals surface area contributed by atoms with Gasteiger partial charge in [-0.25, -0.2) is 4.98 Å². The zero-order chi connectivity index (χ0) is 12.6. The molecule has 1 fully saturated rings. The van der Waals surface area contributed by atoms with Crippen LogP contribution in [-0.4, -0.2) is 10.9 Å². The van der Waals surface area contributed by atoms with Crippen molar-refractivity contribution in [2.24, 2.45) is 5.92 Å². The number of aryl methyl sites for hydroxylation is 1. The number of carbonyl (C=O) groups excluding carboxylic acids is 1. The van der Waals surface area contributed by atoms with Gasteiger partial charge in [-0.05, 0) is 26.2 Å². The highest BCUT2D eigenvalue weighted by molar-refractivity contribution is 7.16. The van der Waals surface area contributed by atoms with Gasteiger partial charge in [0.05, 0.1) is 5.69 Å². The van der Waals surface area contributed by atoms with Crippen molar-refractivity contribution in [2.75, 3.05) is 5.32 Å². The minimum absolute atomic E-state index is 0.139. The molecule has 0 radical (unpaired) electrons. The summed E-state index contributed by atoms with van der Waals surface area (Å²) in [6.45, 7) is 8.65. The first-order valence-corrected chi connectivity index (χ1v) is 7.04. The molecule has 3 nitrogen and oxygen atoms in total. The Balaban J connectivity index is 2.15. The van der Waals surface area contributed by atoms with Gasteiger partial charge in [0.15, 0.2) is 5.13 Å². The maximum absolute atomic E-state index is 11.7. The smallest absolute Gasteiger partial charge is 0.229 e. The first-order chi connectivity index (χ1) is 7.94. The standard InChI is InChI=1S/C13H20N2OS/c1-5-13(3,4)10-8(2)14-12(17-10)15-11(16)9-6-7-9/h9H,5-7H2,1-4H3,(H,14,15,16). The lowest BCUT2D eigenvalue weighted by Crippen LogP contribution is -2.14. The molecule has 1 aliphatic carbocycles. The second-order valence-corrected chi connectivity index (χ2v) is 6.43.